The Labute approximate surface area is 122 Å². The zero-order valence-corrected chi connectivity index (χ0v) is 11.9. The summed E-state index contributed by atoms with van der Waals surface area (Å²) in [4.78, 5) is 8.50. The molecule has 0 spiro atoms. The minimum absolute atomic E-state index is 0.216. The van der Waals surface area contributed by atoms with Crippen LogP contribution in [0.4, 0.5) is 4.39 Å². The molecule has 0 fully saturated rings. The number of benzene rings is 2. The second-order valence-corrected chi connectivity index (χ2v) is 5.17. The van der Waals surface area contributed by atoms with Crippen molar-refractivity contribution < 1.29 is 4.39 Å². The van der Waals surface area contributed by atoms with E-state index in [1.807, 2.05) is 30.3 Å². The Hall–Kier alpha value is -1.52. The van der Waals surface area contributed by atoms with E-state index in [-0.39, 0.29) is 10.7 Å². The topological polar surface area (TPSA) is 25.8 Å². The van der Waals surface area contributed by atoms with E-state index in [9.17, 15) is 4.39 Å². The summed E-state index contributed by atoms with van der Waals surface area (Å²) in [5.41, 5.74) is 1.01. The van der Waals surface area contributed by atoms with Crippen molar-refractivity contribution >= 4 is 38.4 Å². The maximum atomic E-state index is 13.9. The van der Waals surface area contributed by atoms with Gasteiger partial charge in [-0.1, -0.05) is 41.9 Å². The quantitative estimate of drug-likeness (QED) is 0.593. The third-order valence-electron chi connectivity index (χ3n) is 2.74. The first kappa shape index (κ1) is 12.5. The summed E-state index contributed by atoms with van der Waals surface area (Å²) >= 11 is 9.47. The number of rotatable bonds is 1. The first-order valence-corrected chi connectivity index (χ1v) is 6.70. The monoisotopic (exact) mass is 336 g/mol. The van der Waals surface area contributed by atoms with E-state index in [2.05, 4.69) is 25.9 Å². The van der Waals surface area contributed by atoms with E-state index in [4.69, 9.17) is 11.6 Å². The molecular formula is C14H7BrClFN2. The Morgan fingerprint density at radius 2 is 1.74 bits per heavy atom. The van der Waals surface area contributed by atoms with Gasteiger partial charge in [-0.25, -0.2) is 14.4 Å². The molecule has 2 aromatic carbocycles. The molecule has 0 atom stereocenters. The predicted octanol–water partition coefficient (Wildman–Crippen LogP) is 4.85. The Balaban J connectivity index is 2.34. The molecule has 3 rings (SSSR count). The molecule has 0 radical (unpaired) electrons. The van der Waals surface area contributed by atoms with Gasteiger partial charge in [0.2, 0.25) is 0 Å². The Bertz CT molecular complexity index is 762. The molecule has 0 N–H and O–H groups in total. The molecule has 0 unspecified atom stereocenters. The second kappa shape index (κ2) is 4.87. The Morgan fingerprint density at radius 3 is 2.47 bits per heavy atom. The van der Waals surface area contributed by atoms with Crippen LogP contribution in [0.25, 0.3) is 22.3 Å². The highest BCUT2D eigenvalue weighted by atomic mass is 79.9. The highest BCUT2D eigenvalue weighted by Crippen LogP contribution is 2.31. The molecule has 2 nitrogen and oxygen atoms in total. The fourth-order valence-corrected chi connectivity index (χ4v) is 2.74. The van der Waals surface area contributed by atoms with Crippen molar-refractivity contribution in [1.29, 1.82) is 0 Å². The van der Waals surface area contributed by atoms with Crippen LogP contribution in [-0.2, 0) is 0 Å². The first-order chi connectivity index (χ1) is 9.16. The van der Waals surface area contributed by atoms with Gasteiger partial charge in [-0.2, -0.15) is 0 Å². The van der Waals surface area contributed by atoms with Gasteiger partial charge in [0.05, 0.1) is 5.39 Å². The minimum atomic E-state index is -0.417. The van der Waals surface area contributed by atoms with Gasteiger partial charge in [0.1, 0.15) is 16.5 Å². The molecule has 0 amide bonds. The molecule has 0 aliphatic carbocycles. The van der Waals surface area contributed by atoms with Crippen molar-refractivity contribution in [2.24, 2.45) is 0 Å². The van der Waals surface area contributed by atoms with Crippen molar-refractivity contribution in [2.75, 3.05) is 0 Å². The average molecular weight is 338 g/mol. The highest BCUT2D eigenvalue weighted by Gasteiger charge is 2.13. The van der Waals surface area contributed by atoms with Gasteiger partial charge in [-0.05, 0) is 28.1 Å². The van der Waals surface area contributed by atoms with Gasteiger partial charge in [0, 0.05) is 10.0 Å². The van der Waals surface area contributed by atoms with Crippen LogP contribution in [0, 0.1) is 5.82 Å². The van der Waals surface area contributed by atoms with Crippen LogP contribution in [0.5, 0.6) is 0 Å². The molecule has 0 bridgehead atoms. The van der Waals surface area contributed by atoms with Crippen LogP contribution in [0.1, 0.15) is 0 Å². The molecule has 19 heavy (non-hydrogen) atoms. The molecular weight excluding hydrogens is 331 g/mol. The number of nitrogens with zero attached hydrogens (tertiary/aromatic N) is 2. The molecule has 94 valence electrons. The third-order valence-corrected chi connectivity index (χ3v) is 3.67. The molecule has 0 saturated carbocycles. The summed E-state index contributed by atoms with van der Waals surface area (Å²) in [7, 11) is 0. The molecule has 5 heteroatoms. The van der Waals surface area contributed by atoms with Crippen LogP contribution in [-0.4, -0.2) is 9.97 Å². The molecule has 0 aliphatic rings. The molecule has 3 aromatic rings. The van der Waals surface area contributed by atoms with Crippen molar-refractivity contribution in [1.82, 2.24) is 9.97 Å². The van der Waals surface area contributed by atoms with Crippen molar-refractivity contribution in [3.63, 3.8) is 0 Å². The predicted molar refractivity (Wildman–Crippen MR) is 77.6 cm³/mol. The summed E-state index contributed by atoms with van der Waals surface area (Å²) in [5.74, 6) is -0.00483. The van der Waals surface area contributed by atoms with Crippen LogP contribution < -0.4 is 0 Å². The number of fused-ring (bicyclic) bond motifs is 1. The number of hydrogen-bond donors (Lipinski definition) is 0. The number of hydrogen-bond acceptors (Lipinski definition) is 2. The van der Waals surface area contributed by atoms with Gasteiger partial charge >= 0.3 is 0 Å². The summed E-state index contributed by atoms with van der Waals surface area (Å²) in [6, 6.07) is 12.3. The zero-order chi connectivity index (χ0) is 13.4. The van der Waals surface area contributed by atoms with Crippen molar-refractivity contribution in [2.45, 2.75) is 0 Å². The molecule has 0 aliphatic heterocycles. The standard InChI is InChI=1S/C14H7BrClFN2/c15-9-6-7-10(17)12-11(9)13(16)19-14(18-12)8-4-2-1-3-5-8/h1-7H. The molecule has 1 heterocycles. The van der Waals surface area contributed by atoms with Crippen LogP contribution in [0.3, 0.4) is 0 Å². The number of aromatic nitrogens is 2. The second-order valence-electron chi connectivity index (χ2n) is 3.96. The summed E-state index contributed by atoms with van der Waals surface area (Å²) in [6.07, 6.45) is 0. The van der Waals surface area contributed by atoms with Crippen LogP contribution >= 0.6 is 27.5 Å². The first-order valence-electron chi connectivity index (χ1n) is 5.53. The minimum Gasteiger partial charge on any atom is -0.225 e. The van der Waals surface area contributed by atoms with Gasteiger partial charge in [0.15, 0.2) is 5.82 Å². The fraction of sp³-hybridized carbons (Fsp3) is 0. The third kappa shape index (κ3) is 2.22. The Morgan fingerprint density at radius 1 is 1.00 bits per heavy atom. The van der Waals surface area contributed by atoms with Crippen LogP contribution in [0.15, 0.2) is 46.9 Å². The summed E-state index contributed by atoms with van der Waals surface area (Å²) < 4.78 is 14.5. The van der Waals surface area contributed by atoms with Crippen LogP contribution in [0.2, 0.25) is 5.15 Å². The van der Waals surface area contributed by atoms with Gasteiger partial charge in [-0.15, -0.1) is 0 Å². The lowest BCUT2D eigenvalue weighted by atomic mass is 10.2. The smallest absolute Gasteiger partial charge is 0.161 e. The lowest BCUT2D eigenvalue weighted by Crippen LogP contribution is -1.94. The lowest BCUT2D eigenvalue weighted by molar-refractivity contribution is 0.636. The average Bonchev–Trinajstić information content (AvgIpc) is 2.43. The van der Waals surface area contributed by atoms with Gasteiger partial charge < -0.3 is 0 Å². The van der Waals surface area contributed by atoms with E-state index in [1.54, 1.807) is 6.07 Å². The lowest BCUT2D eigenvalue weighted by Gasteiger charge is -2.06. The largest absolute Gasteiger partial charge is 0.225 e. The summed E-state index contributed by atoms with van der Waals surface area (Å²) in [5, 5.41) is 0.719. The van der Waals surface area contributed by atoms with Crippen molar-refractivity contribution in [3.05, 3.63) is 57.9 Å². The van der Waals surface area contributed by atoms with E-state index in [0.717, 1.165) is 5.56 Å². The zero-order valence-electron chi connectivity index (χ0n) is 9.57. The number of halogens is 3. The van der Waals surface area contributed by atoms with E-state index in [0.29, 0.717) is 15.7 Å². The summed E-state index contributed by atoms with van der Waals surface area (Å²) in [6.45, 7) is 0. The maximum absolute atomic E-state index is 13.9. The fourth-order valence-electron chi connectivity index (χ4n) is 1.84. The Kier molecular flexibility index (Phi) is 3.21. The highest BCUT2D eigenvalue weighted by molar-refractivity contribution is 9.10. The van der Waals surface area contributed by atoms with E-state index < -0.39 is 5.82 Å². The van der Waals surface area contributed by atoms with E-state index in [1.165, 1.54) is 6.07 Å². The molecule has 1 aromatic heterocycles. The van der Waals surface area contributed by atoms with Gasteiger partial charge in [0.25, 0.3) is 0 Å². The SMILES string of the molecule is Fc1ccc(Br)c2c(Cl)nc(-c3ccccc3)nc12. The maximum Gasteiger partial charge on any atom is 0.161 e. The van der Waals surface area contributed by atoms with Crippen molar-refractivity contribution in [3.8, 4) is 11.4 Å². The van der Waals surface area contributed by atoms with Gasteiger partial charge in [-0.3, -0.25) is 0 Å². The van der Waals surface area contributed by atoms with E-state index >= 15 is 0 Å². The normalized spacial score (nSPS) is 10.9. The molecule has 0 saturated heterocycles.